The van der Waals surface area contributed by atoms with Crippen LogP contribution in [-0.4, -0.2) is 20.2 Å². The Labute approximate surface area is 136 Å². The molecule has 0 heterocycles. The van der Waals surface area contributed by atoms with Crippen LogP contribution in [-0.2, 0) is 9.22 Å². The second-order valence-electron chi connectivity index (χ2n) is 8.21. The molecule has 0 radical (unpaired) electrons. The van der Waals surface area contributed by atoms with Crippen LogP contribution in [0, 0.1) is 5.92 Å². The fourth-order valence-electron chi connectivity index (χ4n) is 3.01. The zero-order valence-electron chi connectivity index (χ0n) is 14.8. The minimum absolute atomic E-state index is 0.0785. The smallest absolute Gasteiger partial charge is 0.192 e. The van der Waals surface area contributed by atoms with Crippen molar-refractivity contribution < 1.29 is 9.22 Å². The SMILES string of the molecule is C[C@@H]1C(=O)C[C@@H](O[Si](C)(C)C(C)(C)C)C[C@@H]1c1ccccc1. The zero-order valence-corrected chi connectivity index (χ0v) is 15.8. The number of hydrogen-bond donors (Lipinski definition) is 0. The molecule has 1 aromatic carbocycles. The molecule has 1 aliphatic rings. The molecule has 1 saturated carbocycles. The molecule has 22 heavy (non-hydrogen) atoms. The van der Waals surface area contributed by atoms with Gasteiger partial charge in [-0.3, -0.25) is 4.79 Å². The van der Waals surface area contributed by atoms with E-state index < -0.39 is 8.32 Å². The van der Waals surface area contributed by atoms with Crippen molar-refractivity contribution in [2.75, 3.05) is 0 Å². The van der Waals surface area contributed by atoms with Gasteiger partial charge < -0.3 is 4.43 Å². The van der Waals surface area contributed by atoms with Crippen LogP contribution in [0.5, 0.6) is 0 Å². The van der Waals surface area contributed by atoms with Crippen molar-refractivity contribution >= 4 is 14.1 Å². The zero-order chi connectivity index (χ0) is 16.5. The number of carbonyl (C=O) groups is 1. The summed E-state index contributed by atoms with van der Waals surface area (Å²) in [4.78, 5) is 12.5. The molecule has 0 bridgehead atoms. The Bertz CT molecular complexity index is 516. The molecule has 122 valence electrons. The van der Waals surface area contributed by atoms with Gasteiger partial charge in [-0.1, -0.05) is 58.0 Å². The lowest BCUT2D eigenvalue weighted by Gasteiger charge is -2.42. The first-order valence-corrected chi connectivity index (χ1v) is 11.3. The average Bonchev–Trinajstić information content (AvgIpc) is 2.42. The van der Waals surface area contributed by atoms with Gasteiger partial charge in [0.05, 0.1) is 6.10 Å². The van der Waals surface area contributed by atoms with E-state index in [0.29, 0.717) is 12.2 Å². The lowest BCUT2D eigenvalue weighted by Crippen LogP contribution is -2.46. The molecule has 0 N–H and O–H groups in total. The molecule has 1 fully saturated rings. The summed E-state index contributed by atoms with van der Waals surface area (Å²) in [6.45, 7) is 13.4. The average molecular weight is 319 g/mol. The Kier molecular flexibility index (Phi) is 4.98. The summed E-state index contributed by atoms with van der Waals surface area (Å²) >= 11 is 0. The predicted octanol–water partition coefficient (Wildman–Crippen LogP) is 5.16. The molecule has 0 aromatic heterocycles. The fourth-order valence-corrected chi connectivity index (χ4v) is 4.38. The summed E-state index contributed by atoms with van der Waals surface area (Å²) in [6, 6.07) is 10.4. The first kappa shape index (κ1) is 17.4. The van der Waals surface area contributed by atoms with Crippen molar-refractivity contribution in [3.8, 4) is 0 Å². The van der Waals surface area contributed by atoms with Gasteiger partial charge in [-0.15, -0.1) is 0 Å². The van der Waals surface area contributed by atoms with Gasteiger partial charge in [-0.05, 0) is 36.0 Å². The summed E-state index contributed by atoms with van der Waals surface area (Å²) in [7, 11) is -1.83. The highest BCUT2D eigenvalue weighted by Crippen LogP contribution is 2.42. The van der Waals surface area contributed by atoms with E-state index in [2.05, 4.69) is 65.1 Å². The third-order valence-electron chi connectivity index (χ3n) is 5.55. The normalized spacial score (nSPS) is 27.0. The van der Waals surface area contributed by atoms with Crippen LogP contribution >= 0.6 is 0 Å². The molecule has 0 amide bonds. The Hall–Kier alpha value is -0.933. The molecule has 0 spiro atoms. The quantitative estimate of drug-likeness (QED) is 0.720. The highest BCUT2D eigenvalue weighted by atomic mass is 28.4. The van der Waals surface area contributed by atoms with Crippen LogP contribution in [0.3, 0.4) is 0 Å². The lowest BCUT2D eigenvalue weighted by molar-refractivity contribution is -0.127. The van der Waals surface area contributed by atoms with Gasteiger partial charge in [0.2, 0.25) is 0 Å². The largest absolute Gasteiger partial charge is 0.413 e. The van der Waals surface area contributed by atoms with E-state index in [1.807, 2.05) is 6.07 Å². The van der Waals surface area contributed by atoms with E-state index >= 15 is 0 Å². The monoisotopic (exact) mass is 318 g/mol. The second-order valence-corrected chi connectivity index (χ2v) is 13.0. The minimum Gasteiger partial charge on any atom is -0.413 e. The molecule has 3 atom stereocenters. The van der Waals surface area contributed by atoms with Crippen LogP contribution in [0.2, 0.25) is 18.1 Å². The summed E-state index contributed by atoms with van der Waals surface area (Å²) in [6.07, 6.45) is 1.62. The molecule has 1 aliphatic carbocycles. The van der Waals surface area contributed by atoms with Gasteiger partial charge >= 0.3 is 0 Å². The maximum absolute atomic E-state index is 12.5. The first-order chi connectivity index (χ1) is 10.1. The second kappa shape index (κ2) is 6.29. The fraction of sp³-hybridized carbons (Fsp3) is 0.632. The van der Waals surface area contributed by atoms with Crippen molar-refractivity contribution in [2.24, 2.45) is 5.92 Å². The van der Waals surface area contributed by atoms with Crippen LogP contribution in [0.15, 0.2) is 30.3 Å². The summed E-state index contributed by atoms with van der Waals surface area (Å²) in [5.74, 6) is 0.739. The molecule has 0 unspecified atom stereocenters. The van der Waals surface area contributed by atoms with E-state index in [1.54, 1.807) is 0 Å². The van der Waals surface area contributed by atoms with Crippen molar-refractivity contribution in [1.29, 1.82) is 0 Å². The van der Waals surface area contributed by atoms with Crippen molar-refractivity contribution in [1.82, 2.24) is 0 Å². The Morgan fingerprint density at radius 2 is 1.73 bits per heavy atom. The minimum atomic E-state index is -1.83. The van der Waals surface area contributed by atoms with E-state index in [9.17, 15) is 4.79 Å². The maximum Gasteiger partial charge on any atom is 0.192 e. The summed E-state index contributed by atoms with van der Waals surface area (Å²) in [5.41, 5.74) is 1.27. The van der Waals surface area contributed by atoms with Gasteiger partial charge in [0.1, 0.15) is 5.78 Å². The van der Waals surface area contributed by atoms with Crippen LogP contribution in [0.1, 0.15) is 52.0 Å². The molecule has 2 rings (SSSR count). The van der Waals surface area contributed by atoms with Gasteiger partial charge in [0.25, 0.3) is 0 Å². The Morgan fingerprint density at radius 1 is 1.14 bits per heavy atom. The van der Waals surface area contributed by atoms with Gasteiger partial charge in [0.15, 0.2) is 8.32 Å². The van der Waals surface area contributed by atoms with Gasteiger partial charge in [0, 0.05) is 12.3 Å². The molecule has 1 aromatic rings. The molecule has 0 aliphatic heterocycles. The number of rotatable bonds is 3. The summed E-state index contributed by atoms with van der Waals surface area (Å²) in [5, 5.41) is 0.182. The molecule has 0 saturated heterocycles. The lowest BCUT2D eigenvalue weighted by atomic mass is 9.74. The Morgan fingerprint density at radius 3 is 2.27 bits per heavy atom. The molecular weight excluding hydrogens is 288 g/mol. The highest BCUT2D eigenvalue weighted by Gasteiger charge is 2.42. The molecular formula is C19H30O2Si. The number of carbonyl (C=O) groups excluding carboxylic acids is 1. The Balaban J connectivity index is 2.17. The topological polar surface area (TPSA) is 26.3 Å². The third kappa shape index (κ3) is 3.69. The summed E-state index contributed by atoms with van der Waals surface area (Å²) < 4.78 is 6.53. The van der Waals surface area contributed by atoms with E-state index in [0.717, 1.165) is 6.42 Å². The third-order valence-corrected chi connectivity index (χ3v) is 10.1. The number of Topliss-reactive ketones (excluding diaryl/α,β-unsaturated/α-hetero) is 1. The van der Waals surface area contributed by atoms with Gasteiger partial charge in [-0.25, -0.2) is 0 Å². The number of benzene rings is 1. The van der Waals surface area contributed by atoms with Crippen molar-refractivity contribution in [2.45, 2.75) is 70.7 Å². The van der Waals surface area contributed by atoms with Crippen LogP contribution < -0.4 is 0 Å². The molecule has 2 nitrogen and oxygen atoms in total. The van der Waals surface area contributed by atoms with Crippen LogP contribution in [0.25, 0.3) is 0 Å². The predicted molar refractivity (Wildman–Crippen MR) is 94.7 cm³/mol. The standard InChI is InChI=1S/C19H30O2Si/c1-14-17(15-10-8-7-9-11-15)12-16(13-18(14)20)21-22(5,6)19(2,3)4/h7-11,14,16-17H,12-13H2,1-6H3/t14-,16-,17-/m0/s1. The number of ketones is 1. The van der Waals surface area contributed by atoms with Crippen LogP contribution in [0.4, 0.5) is 0 Å². The van der Waals surface area contributed by atoms with E-state index in [4.69, 9.17) is 4.43 Å². The first-order valence-electron chi connectivity index (χ1n) is 8.37. The highest BCUT2D eigenvalue weighted by molar-refractivity contribution is 6.74. The van der Waals surface area contributed by atoms with Crippen molar-refractivity contribution in [3.05, 3.63) is 35.9 Å². The van der Waals surface area contributed by atoms with Crippen molar-refractivity contribution in [3.63, 3.8) is 0 Å². The number of hydrogen-bond acceptors (Lipinski definition) is 2. The van der Waals surface area contributed by atoms with E-state index in [1.165, 1.54) is 5.56 Å². The molecule has 3 heteroatoms. The van der Waals surface area contributed by atoms with Gasteiger partial charge in [-0.2, -0.15) is 0 Å². The van der Waals surface area contributed by atoms with E-state index in [-0.39, 0.29) is 23.0 Å². The maximum atomic E-state index is 12.5.